The number of benzene rings is 2. The number of carbonyl (C=O) groups is 1. The molecule has 1 amide bonds. The fourth-order valence-corrected chi connectivity index (χ4v) is 7.61. The lowest BCUT2D eigenvalue weighted by Gasteiger charge is -2.23. The molecular weight excluding hydrogens is 773 g/mol. The number of rotatable bonds is 9. The van der Waals surface area contributed by atoms with Crippen LogP contribution in [0.25, 0.3) is 22.0 Å². The van der Waals surface area contributed by atoms with Crippen LogP contribution >= 0.6 is 23.2 Å². The van der Waals surface area contributed by atoms with Crippen molar-refractivity contribution in [3.8, 4) is 23.0 Å². The number of aromatic nitrogens is 5. The number of nitrogens with zero attached hydrogens (tertiary/aromatic N) is 5. The van der Waals surface area contributed by atoms with Gasteiger partial charge < -0.3 is 10.4 Å². The van der Waals surface area contributed by atoms with Gasteiger partial charge in [-0.2, -0.15) is 19.0 Å². The van der Waals surface area contributed by atoms with Crippen LogP contribution in [-0.4, -0.2) is 55.8 Å². The predicted octanol–water partition coefficient (Wildman–Crippen LogP) is 6.61. The van der Waals surface area contributed by atoms with Gasteiger partial charge in [0.2, 0.25) is 15.9 Å². The van der Waals surface area contributed by atoms with Crippen LogP contribution in [0.4, 0.5) is 23.4 Å². The topological polar surface area (TPSA) is 144 Å². The van der Waals surface area contributed by atoms with Crippen molar-refractivity contribution in [1.82, 2.24) is 29.9 Å². The molecule has 5 aromatic rings. The Labute approximate surface area is 317 Å². The summed E-state index contributed by atoms with van der Waals surface area (Å²) in [6.07, 6.45) is 0.259. The van der Waals surface area contributed by atoms with Crippen molar-refractivity contribution in [3.63, 3.8) is 0 Å². The first kappa shape index (κ1) is 39.0. The summed E-state index contributed by atoms with van der Waals surface area (Å²) in [4.78, 5) is 18.6. The van der Waals surface area contributed by atoms with E-state index in [1.54, 1.807) is 32.2 Å². The van der Waals surface area contributed by atoms with Crippen LogP contribution in [0.5, 0.6) is 0 Å². The number of amides is 1. The first-order chi connectivity index (χ1) is 25.1. The number of alkyl halides is 2. The Balaban J connectivity index is 1.52. The molecule has 284 valence electrons. The molecule has 1 aliphatic rings. The van der Waals surface area contributed by atoms with E-state index in [0.29, 0.717) is 22.7 Å². The lowest BCUT2D eigenvalue weighted by Crippen LogP contribution is -2.34. The smallest absolute Gasteiger partial charge is 0.292 e. The van der Waals surface area contributed by atoms with Crippen molar-refractivity contribution in [1.29, 1.82) is 0 Å². The Morgan fingerprint density at radius 1 is 1.11 bits per heavy atom. The largest absolute Gasteiger partial charge is 0.378 e. The molecule has 3 aromatic heterocycles. The van der Waals surface area contributed by atoms with Crippen molar-refractivity contribution in [2.75, 3.05) is 11.0 Å². The average Bonchev–Trinajstić information content (AvgIpc) is 3.62. The summed E-state index contributed by atoms with van der Waals surface area (Å²) in [7, 11) is -2.22. The Kier molecular flexibility index (Phi) is 10.2. The van der Waals surface area contributed by atoms with E-state index in [-0.39, 0.29) is 50.3 Å². The van der Waals surface area contributed by atoms with Crippen LogP contribution in [0.15, 0.2) is 42.5 Å². The van der Waals surface area contributed by atoms with Gasteiger partial charge in [0.1, 0.15) is 40.3 Å². The van der Waals surface area contributed by atoms with Gasteiger partial charge in [0.05, 0.1) is 33.9 Å². The molecule has 6 rings (SSSR count). The minimum Gasteiger partial charge on any atom is -0.378 e. The first-order valence-electron chi connectivity index (χ1n) is 16.4. The van der Waals surface area contributed by atoms with Gasteiger partial charge in [0.25, 0.3) is 5.92 Å². The maximum atomic E-state index is 14.7. The molecule has 0 spiro atoms. The van der Waals surface area contributed by atoms with Crippen molar-refractivity contribution in [2.24, 2.45) is 7.05 Å². The molecule has 0 fully saturated rings. The Morgan fingerprint density at radius 2 is 1.78 bits per heavy atom. The number of hydrogen-bond acceptors (Lipinski definition) is 7. The van der Waals surface area contributed by atoms with E-state index in [1.807, 2.05) is 0 Å². The number of carbonyl (C=O) groups excluding carboxylic acids is 1. The maximum absolute atomic E-state index is 14.7. The third-order valence-corrected chi connectivity index (χ3v) is 9.86. The van der Waals surface area contributed by atoms with Gasteiger partial charge >= 0.3 is 0 Å². The highest BCUT2D eigenvalue weighted by atomic mass is 35.5. The van der Waals surface area contributed by atoms with Gasteiger partial charge in [-0.1, -0.05) is 42.1 Å². The molecule has 0 unspecified atom stereocenters. The molecule has 3 N–H and O–H groups in total. The molecule has 18 heteroatoms. The van der Waals surface area contributed by atoms with Crippen molar-refractivity contribution in [2.45, 2.75) is 63.6 Å². The van der Waals surface area contributed by atoms with Crippen LogP contribution in [0.3, 0.4) is 0 Å². The molecule has 2 atom stereocenters. The van der Waals surface area contributed by atoms with Crippen molar-refractivity contribution in [3.05, 3.63) is 92.5 Å². The molecule has 0 saturated heterocycles. The zero-order chi connectivity index (χ0) is 39.5. The number of nitrogens with one attached hydrogen (secondary N) is 2. The second-order valence-electron chi connectivity index (χ2n) is 13.7. The summed E-state index contributed by atoms with van der Waals surface area (Å²) in [5.74, 6) is -0.910. The molecule has 11 nitrogen and oxygen atoms in total. The second kappa shape index (κ2) is 14.2. The van der Waals surface area contributed by atoms with Gasteiger partial charge in [-0.05, 0) is 68.0 Å². The number of fused-ring (bicyclic) bond motifs is 2. The number of anilines is 1. The normalized spacial score (nSPS) is 15.8. The number of hydrogen-bond donors (Lipinski definition) is 3. The summed E-state index contributed by atoms with van der Waals surface area (Å²) >= 11 is 13.1. The molecule has 0 bridgehead atoms. The van der Waals surface area contributed by atoms with Crippen LogP contribution in [0, 0.1) is 23.5 Å². The van der Waals surface area contributed by atoms with Crippen molar-refractivity contribution < 1.29 is 35.9 Å². The Bertz CT molecular complexity index is 2490. The zero-order valence-electron chi connectivity index (χ0n) is 29.4. The predicted molar refractivity (Wildman–Crippen MR) is 196 cm³/mol. The van der Waals surface area contributed by atoms with Gasteiger partial charge in [0.15, 0.2) is 5.82 Å². The van der Waals surface area contributed by atoms with E-state index in [0.717, 1.165) is 23.1 Å². The maximum Gasteiger partial charge on any atom is 0.292 e. The van der Waals surface area contributed by atoms with Crippen LogP contribution in [0.1, 0.15) is 67.4 Å². The highest BCUT2D eigenvalue weighted by Gasteiger charge is 2.48. The average molecular weight is 807 g/mol. The minimum atomic E-state index is -3.79. The van der Waals surface area contributed by atoms with Crippen LogP contribution in [0.2, 0.25) is 10.2 Å². The molecule has 3 heterocycles. The molecule has 54 heavy (non-hydrogen) atoms. The molecule has 1 aliphatic carbocycles. The van der Waals surface area contributed by atoms with E-state index in [2.05, 4.69) is 32.1 Å². The van der Waals surface area contributed by atoms with E-state index < -0.39 is 69.7 Å². The fourth-order valence-electron chi connectivity index (χ4n) is 6.50. The second-order valence-corrected chi connectivity index (χ2v) is 16.2. The van der Waals surface area contributed by atoms with Gasteiger partial charge in [0, 0.05) is 36.2 Å². The third kappa shape index (κ3) is 8.19. The molecule has 0 saturated carbocycles. The first-order valence-corrected chi connectivity index (χ1v) is 19.0. The van der Waals surface area contributed by atoms with Gasteiger partial charge in [-0.3, -0.25) is 14.2 Å². The van der Waals surface area contributed by atoms with E-state index >= 15 is 0 Å². The zero-order valence-corrected chi connectivity index (χ0v) is 31.7. The fraction of sp³-hybridized carbons (Fsp3) is 0.333. The highest BCUT2D eigenvalue weighted by Crippen LogP contribution is 2.50. The monoisotopic (exact) mass is 805 g/mol. The third-order valence-electron chi connectivity index (χ3n) is 8.58. The summed E-state index contributed by atoms with van der Waals surface area (Å²) < 4.78 is 87.6. The minimum absolute atomic E-state index is 0.0491. The van der Waals surface area contributed by atoms with E-state index in [9.17, 15) is 35.9 Å². The van der Waals surface area contributed by atoms with Gasteiger partial charge in [-0.25, -0.2) is 26.9 Å². The summed E-state index contributed by atoms with van der Waals surface area (Å²) in [5.41, 5.74) is -0.221. The quantitative estimate of drug-likeness (QED) is 0.112. The highest BCUT2D eigenvalue weighted by molar-refractivity contribution is 7.92. The summed E-state index contributed by atoms with van der Waals surface area (Å²) in [6.45, 7) is 3.93. The molecule has 0 aliphatic heterocycles. The van der Waals surface area contributed by atoms with E-state index in [4.69, 9.17) is 28.2 Å². The van der Waals surface area contributed by atoms with Gasteiger partial charge in [-0.15, -0.1) is 0 Å². The summed E-state index contributed by atoms with van der Waals surface area (Å²) in [5, 5.41) is 21.7. The summed E-state index contributed by atoms with van der Waals surface area (Å²) in [6, 6.07) is 8.02. The molecule has 0 radical (unpaired) electrons. The van der Waals surface area contributed by atoms with Crippen molar-refractivity contribution >= 4 is 55.9 Å². The van der Waals surface area contributed by atoms with E-state index in [1.165, 1.54) is 24.6 Å². The number of halogens is 6. The van der Waals surface area contributed by atoms with Crippen LogP contribution in [-0.2, 0) is 40.8 Å². The Morgan fingerprint density at radius 3 is 2.41 bits per heavy atom. The lowest BCUT2D eigenvalue weighted by molar-refractivity contribution is -0.122. The molecular formula is C36H33Cl2F4N7O4S. The number of sulfonamides is 1. The Hall–Kier alpha value is -4.69. The standard InChI is InChI=1S/C36H33Cl2F4N7O4S/c1-18-16-36(41,42)32-28(18)33(38)49(45-32)17-27(50)44-26(14-19-12-20(39)15-21(40)13-19)30-23(7-6-22(43-30)10-11-35(2,3)51)24-8-9-25(37)29-31(24)48(4)46-34(29)47-54(5,52)53/h6-9,12-13,15,18,26,51H,14,16-17H2,1-5H3,(H,44,50)(H,46,47)/t18-,26-/m0/s1. The number of pyridine rings is 1. The molecule has 2 aromatic carbocycles. The number of aryl methyl sites for hydroxylation is 1. The lowest BCUT2D eigenvalue weighted by atomic mass is 9.93. The van der Waals surface area contributed by atoms with Crippen LogP contribution < -0.4 is 10.0 Å². The number of aliphatic hydroxyl groups is 1. The SMILES string of the molecule is C[C@H]1CC(F)(F)c2nn(CC(=O)N[C@@H](Cc3cc(F)cc(F)c3)c3nc(C#CC(C)(C)O)ccc3-c3ccc(Cl)c4c(NS(C)(=O)=O)nn(C)c34)c(Cl)c21.